The second kappa shape index (κ2) is 10.0. The molecule has 5 nitrogen and oxygen atoms in total. The second-order valence-corrected chi connectivity index (χ2v) is 7.77. The summed E-state index contributed by atoms with van der Waals surface area (Å²) in [6, 6.07) is 3.86. The van der Waals surface area contributed by atoms with Crippen LogP contribution >= 0.6 is 15.9 Å². The summed E-state index contributed by atoms with van der Waals surface area (Å²) >= 11 is 1.88. The van der Waals surface area contributed by atoms with Gasteiger partial charge in [-0.1, -0.05) is 40.2 Å². The maximum Gasteiger partial charge on any atom is 0.188 e. The smallest absolute Gasteiger partial charge is 0.188 e. The minimum atomic E-state index is -1.57. The Morgan fingerprint density at radius 1 is 1.60 bits per heavy atom. The molecule has 2 rings (SSSR count). The van der Waals surface area contributed by atoms with Crippen LogP contribution in [-0.2, 0) is 20.0 Å². The fourth-order valence-electron chi connectivity index (χ4n) is 2.18. The molecule has 1 aliphatic rings. The molecule has 0 N–H and O–H groups in total. The average molecular weight is 427 g/mol. The van der Waals surface area contributed by atoms with E-state index in [0.29, 0.717) is 18.1 Å². The van der Waals surface area contributed by atoms with E-state index in [2.05, 4.69) is 32.4 Å². The van der Waals surface area contributed by atoms with Gasteiger partial charge < -0.3 is 9.64 Å². The van der Waals surface area contributed by atoms with E-state index in [9.17, 15) is 4.21 Å². The van der Waals surface area contributed by atoms with E-state index < -0.39 is 11.1 Å². The molecule has 25 heavy (non-hydrogen) atoms. The van der Waals surface area contributed by atoms with Gasteiger partial charge >= 0.3 is 0 Å². The first-order chi connectivity index (χ1) is 12.0. The Hall–Kier alpha value is -1.28. The molecule has 1 aromatic heterocycles. The van der Waals surface area contributed by atoms with Crippen molar-refractivity contribution in [1.82, 2.24) is 4.98 Å². The Morgan fingerprint density at radius 3 is 3.12 bits per heavy atom. The van der Waals surface area contributed by atoms with Gasteiger partial charge in [0.1, 0.15) is 5.82 Å². The van der Waals surface area contributed by atoms with E-state index in [1.807, 2.05) is 38.1 Å². The SMILES string of the molecule is C=C(/C=C\C(C)=C/C)S(=O)OC[C@@H]1CN(c2cc(Br)ccn2)CCO1. The summed E-state index contributed by atoms with van der Waals surface area (Å²) in [7, 11) is 0. The van der Waals surface area contributed by atoms with Crippen molar-refractivity contribution in [2.75, 3.05) is 31.2 Å². The summed E-state index contributed by atoms with van der Waals surface area (Å²) in [5.74, 6) is 0.887. The number of morpholine rings is 1. The fraction of sp³-hybridized carbons (Fsp3) is 0.389. The van der Waals surface area contributed by atoms with E-state index in [4.69, 9.17) is 8.92 Å². The lowest BCUT2D eigenvalue weighted by Gasteiger charge is -2.33. The lowest BCUT2D eigenvalue weighted by molar-refractivity contribution is 0.0133. The average Bonchev–Trinajstić information content (AvgIpc) is 2.64. The summed E-state index contributed by atoms with van der Waals surface area (Å²) < 4.78 is 24.2. The van der Waals surface area contributed by atoms with Crippen LogP contribution in [0.15, 0.2) is 58.1 Å². The van der Waals surface area contributed by atoms with Crippen molar-refractivity contribution in [1.29, 1.82) is 0 Å². The van der Waals surface area contributed by atoms with Crippen LogP contribution in [0.1, 0.15) is 13.8 Å². The Kier molecular flexibility index (Phi) is 8.02. The van der Waals surface area contributed by atoms with Gasteiger partial charge in [-0.25, -0.2) is 9.19 Å². The van der Waals surface area contributed by atoms with Crippen LogP contribution in [0.4, 0.5) is 5.82 Å². The quantitative estimate of drug-likeness (QED) is 0.621. The van der Waals surface area contributed by atoms with E-state index in [0.717, 1.165) is 22.4 Å². The summed E-state index contributed by atoms with van der Waals surface area (Å²) in [6.07, 6.45) is 7.14. The number of ether oxygens (including phenoxy) is 1. The Balaban J connectivity index is 1.85. The van der Waals surface area contributed by atoms with Gasteiger partial charge in [0.25, 0.3) is 0 Å². The van der Waals surface area contributed by atoms with Crippen molar-refractivity contribution in [3.8, 4) is 0 Å². The number of halogens is 1. The number of pyridine rings is 1. The van der Waals surface area contributed by atoms with E-state index in [-0.39, 0.29) is 12.7 Å². The van der Waals surface area contributed by atoms with Gasteiger partial charge in [0.05, 0.1) is 24.2 Å². The van der Waals surface area contributed by atoms with Gasteiger partial charge in [-0.2, -0.15) is 0 Å². The number of hydrogen-bond acceptors (Lipinski definition) is 5. The minimum absolute atomic E-state index is 0.160. The second-order valence-electron chi connectivity index (χ2n) is 5.62. The van der Waals surface area contributed by atoms with Crippen LogP contribution < -0.4 is 4.90 Å². The van der Waals surface area contributed by atoms with Gasteiger partial charge in [0, 0.05) is 23.8 Å². The lowest BCUT2D eigenvalue weighted by atomic mass is 10.3. The van der Waals surface area contributed by atoms with Crippen LogP contribution in [0.2, 0.25) is 0 Å². The van der Waals surface area contributed by atoms with Crippen LogP contribution in [-0.4, -0.2) is 41.6 Å². The van der Waals surface area contributed by atoms with Crippen LogP contribution in [0.5, 0.6) is 0 Å². The molecule has 7 heteroatoms. The predicted molar refractivity (Wildman–Crippen MR) is 106 cm³/mol. The largest absolute Gasteiger partial charge is 0.372 e. The molecule has 1 saturated heterocycles. The van der Waals surface area contributed by atoms with Gasteiger partial charge in [-0.15, -0.1) is 0 Å². The molecular weight excluding hydrogens is 404 g/mol. The summed E-state index contributed by atoms with van der Waals surface area (Å²) in [6.45, 7) is 9.93. The summed E-state index contributed by atoms with van der Waals surface area (Å²) in [4.78, 5) is 6.95. The van der Waals surface area contributed by atoms with Gasteiger partial charge in [-0.3, -0.25) is 4.18 Å². The van der Waals surface area contributed by atoms with Crippen LogP contribution in [0, 0.1) is 0 Å². The number of aromatic nitrogens is 1. The van der Waals surface area contributed by atoms with Gasteiger partial charge in [0.15, 0.2) is 11.1 Å². The van der Waals surface area contributed by atoms with Crippen molar-refractivity contribution < 1.29 is 13.1 Å². The molecule has 0 bridgehead atoms. The zero-order valence-electron chi connectivity index (χ0n) is 14.5. The maximum absolute atomic E-state index is 12.1. The van der Waals surface area contributed by atoms with Crippen LogP contribution in [0.25, 0.3) is 0 Å². The molecular formula is C18H23BrN2O3S. The monoisotopic (exact) mass is 426 g/mol. The lowest BCUT2D eigenvalue weighted by Crippen LogP contribution is -2.45. The number of nitrogens with zero attached hydrogens (tertiary/aromatic N) is 2. The molecule has 1 aromatic rings. The highest BCUT2D eigenvalue weighted by atomic mass is 79.9. The van der Waals surface area contributed by atoms with Gasteiger partial charge in [0.2, 0.25) is 0 Å². The van der Waals surface area contributed by atoms with E-state index in [1.165, 1.54) is 0 Å². The number of allylic oxidation sites excluding steroid dienone is 4. The van der Waals surface area contributed by atoms with Crippen LogP contribution in [0.3, 0.4) is 0 Å². The van der Waals surface area contributed by atoms with E-state index in [1.54, 1.807) is 12.3 Å². The molecule has 1 aliphatic heterocycles. The van der Waals surface area contributed by atoms with Crippen molar-refractivity contribution in [3.05, 3.63) is 58.1 Å². The highest BCUT2D eigenvalue weighted by Gasteiger charge is 2.22. The summed E-state index contributed by atoms with van der Waals surface area (Å²) in [5, 5.41) is 0. The highest BCUT2D eigenvalue weighted by Crippen LogP contribution is 2.19. The normalized spacial score (nSPS) is 20.0. The zero-order valence-corrected chi connectivity index (χ0v) is 16.9. The molecule has 0 radical (unpaired) electrons. The molecule has 0 aromatic carbocycles. The van der Waals surface area contributed by atoms with Crippen molar-refractivity contribution in [3.63, 3.8) is 0 Å². The fourth-order valence-corrected chi connectivity index (χ4v) is 3.11. The third kappa shape index (κ3) is 6.51. The Morgan fingerprint density at radius 2 is 2.40 bits per heavy atom. The highest BCUT2D eigenvalue weighted by molar-refractivity contribution is 9.10. The molecule has 2 heterocycles. The Bertz CT molecular complexity index is 691. The first-order valence-corrected chi connectivity index (χ1v) is 9.89. The van der Waals surface area contributed by atoms with Crippen molar-refractivity contribution in [2.24, 2.45) is 0 Å². The van der Waals surface area contributed by atoms with Gasteiger partial charge in [-0.05, 0) is 32.1 Å². The molecule has 0 saturated carbocycles. The number of anilines is 1. The molecule has 2 atom stereocenters. The third-order valence-electron chi connectivity index (χ3n) is 3.73. The first kappa shape index (κ1) is 20.0. The third-order valence-corrected chi connectivity index (χ3v) is 5.14. The minimum Gasteiger partial charge on any atom is -0.372 e. The molecule has 0 spiro atoms. The van der Waals surface area contributed by atoms with E-state index >= 15 is 0 Å². The zero-order chi connectivity index (χ0) is 18.2. The molecule has 0 amide bonds. The standard InChI is InChI=1S/C18H23BrN2O3S/c1-4-14(2)5-6-15(3)25(22)24-13-17-12-21(9-10-23-17)18-11-16(19)7-8-20-18/h4-8,11,17H,3,9-10,12-13H2,1-2H3/b6-5-,14-4-/t17-,25?/m0/s1. The number of rotatable bonds is 7. The molecule has 1 unspecified atom stereocenters. The molecule has 136 valence electrons. The Labute approximate surface area is 160 Å². The number of hydrogen-bond donors (Lipinski definition) is 0. The van der Waals surface area contributed by atoms with Crippen molar-refractivity contribution >= 4 is 32.8 Å². The maximum atomic E-state index is 12.1. The summed E-state index contributed by atoms with van der Waals surface area (Å²) in [5.41, 5.74) is 1.07. The molecule has 1 fully saturated rings. The van der Waals surface area contributed by atoms with Crippen molar-refractivity contribution in [2.45, 2.75) is 20.0 Å². The first-order valence-electron chi connectivity index (χ1n) is 8.02. The topological polar surface area (TPSA) is 51.7 Å². The molecule has 0 aliphatic carbocycles. The predicted octanol–water partition coefficient (Wildman–Crippen LogP) is 3.77.